The summed E-state index contributed by atoms with van der Waals surface area (Å²) in [6.45, 7) is 4.74. The standard InChI is InChI=1S/C15H24N2O3S/c1-3-15(4-2)11-12(9-10-20-15)17-21(18,19)14-8-6-5-7-13(14)16/h5-8,12,17H,3-4,9-11,16H2,1-2H3. The minimum absolute atomic E-state index is 0.108. The molecule has 0 radical (unpaired) electrons. The number of nitrogen functional groups attached to an aromatic ring is 1. The molecule has 1 unspecified atom stereocenters. The molecule has 0 aromatic heterocycles. The summed E-state index contributed by atoms with van der Waals surface area (Å²) in [6.07, 6.45) is 3.16. The first-order valence-corrected chi connectivity index (χ1v) is 8.91. The summed E-state index contributed by atoms with van der Waals surface area (Å²) >= 11 is 0. The Labute approximate surface area is 126 Å². The molecule has 1 aromatic carbocycles. The molecule has 6 heteroatoms. The molecule has 5 nitrogen and oxygen atoms in total. The van der Waals surface area contributed by atoms with Gasteiger partial charge in [0.05, 0.1) is 11.3 Å². The van der Waals surface area contributed by atoms with Gasteiger partial charge in [-0.05, 0) is 37.8 Å². The van der Waals surface area contributed by atoms with Crippen molar-refractivity contribution in [1.82, 2.24) is 4.72 Å². The molecular formula is C15H24N2O3S. The maximum absolute atomic E-state index is 12.5. The quantitative estimate of drug-likeness (QED) is 0.817. The van der Waals surface area contributed by atoms with E-state index in [1.165, 1.54) is 6.07 Å². The SMILES string of the molecule is CCC1(CC)CC(NS(=O)(=O)c2ccccc2N)CCO1. The predicted molar refractivity (Wildman–Crippen MR) is 83.5 cm³/mol. The average Bonchev–Trinajstić information content (AvgIpc) is 2.47. The largest absolute Gasteiger partial charge is 0.398 e. The minimum Gasteiger partial charge on any atom is -0.398 e. The lowest BCUT2D eigenvalue weighted by atomic mass is 9.86. The summed E-state index contributed by atoms with van der Waals surface area (Å²) in [6, 6.07) is 6.42. The number of sulfonamides is 1. The second kappa shape index (κ2) is 6.34. The van der Waals surface area contributed by atoms with Crippen LogP contribution in [0.1, 0.15) is 39.5 Å². The highest BCUT2D eigenvalue weighted by Gasteiger charge is 2.36. The molecule has 1 heterocycles. The Balaban J connectivity index is 2.16. The molecule has 0 spiro atoms. The number of anilines is 1. The Kier molecular flexibility index (Phi) is 4.91. The van der Waals surface area contributed by atoms with Gasteiger partial charge in [0.15, 0.2) is 0 Å². The van der Waals surface area contributed by atoms with Gasteiger partial charge in [-0.2, -0.15) is 0 Å². The lowest BCUT2D eigenvalue weighted by Gasteiger charge is -2.40. The number of hydrogen-bond donors (Lipinski definition) is 2. The zero-order chi connectivity index (χ0) is 15.5. The van der Waals surface area contributed by atoms with Gasteiger partial charge in [0.1, 0.15) is 4.90 Å². The second-order valence-corrected chi connectivity index (χ2v) is 7.27. The van der Waals surface area contributed by atoms with Crippen LogP contribution in [-0.2, 0) is 14.8 Å². The Morgan fingerprint density at radius 1 is 1.33 bits per heavy atom. The van der Waals surface area contributed by atoms with E-state index in [1.54, 1.807) is 18.2 Å². The van der Waals surface area contributed by atoms with Crippen LogP contribution in [0.25, 0.3) is 0 Å². The smallest absolute Gasteiger partial charge is 0.242 e. The molecule has 21 heavy (non-hydrogen) atoms. The molecule has 3 N–H and O–H groups in total. The molecule has 2 rings (SSSR count). The number of nitrogens with one attached hydrogen (secondary N) is 1. The van der Waals surface area contributed by atoms with Gasteiger partial charge in [-0.15, -0.1) is 0 Å². The van der Waals surface area contributed by atoms with E-state index in [0.717, 1.165) is 12.8 Å². The van der Waals surface area contributed by atoms with Crippen LogP contribution in [0.3, 0.4) is 0 Å². The van der Waals surface area contributed by atoms with Crippen molar-refractivity contribution in [3.63, 3.8) is 0 Å². The van der Waals surface area contributed by atoms with Crippen molar-refractivity contribution in [1.29, 1.82) is 0 Å². The van der Waals surface area contributed by atoms with Crippen molar-refractivity contribution < 1.29 is 13.2 Å². The lowest BCUT2D eigenvalue weighted by molar-refractivity contribution is -0.0905. The first kappa shape index (κ1) is 16.3. The summed E-state index contributed by atoms with van der Waals surface area (Å²) in [5.74, 6) is 0. The number of hydrogen-bond acceptors (Lipinski definition) is 4. The third-order valence-corrected chi connectivity index (χ3v) is 5.91. The highest BCUT2D eigenvalue weighted by molar-refractivity contribution is 7.89. The summed E-state index contributed by atoms with van der Waals surface area (Å²) < 4.78 is 33.6. The van der Waals surface area contributed by atoms with E-state index in [1.807, 2.05) is 0 Å². The Morgan fingerprint density at radius 2 is 2.00 bits per heavy atom. The second-order valence-electron chi connectivity index (χ2n) is 5.59. The normalized spacial score (nSPS) is 22.1. The maximum atomic E-state index is 12.5. The molecule has 0 bridgehead atoms. The van der Waals surface area contributed by atoms with Gasteiger partial charge in [-0.25, -0.2) is 13.1 Å². The monoisotopic (exact) mass is 312 g/mol. The van der Waals surface area contributed by atoms with Crippen LogP contribution in [0.2, 0.25) is 0 Å². The lowest BCUT2D eigenvalue weighted by Crippen LogP contribution is -2.48. The molecule has 1 fully saturated rings. The van der Waals surface area contributed by atoms with E-state index in [9.17, 15) is 8.42 Å². The number of benzene rings is 1. The van der Waals surface area contributed by atoms with Gasteiger partial charge < -0.3 is 10.5 Å². The highest BCUT2D eigenvalue weighted by Crippen LogP contribution is 2.32. The van der Waals surface area contributed by atoms with Gasteiger partial charge in [0, 0.05) is 12.6 Å². The Hall–Kier alpha value is -1.11. The first-order chi connectivity index (χ1) is 9.92. The molecule has 1 atom stereocenters. The average molecular weight is 312 g/mol. The molecule has 0 amide bonds. The van der Waals surface area contributed by atoms with Gasteiger partial charge >= 0.3 is 0 Å². The van der Waals surface area contributed by atoms with E-state index in [-0.39, 0.29) is 22.2 Å². The third-order valence-electron chi connectivity index (χ3n) is 4.31. The van der Waals surface area contributed by atoms with Crippen LogP contribution in [0, 0.1) is 0 Å². The molecule has 0 aliphatic carbocycles. The zero-order valence-electron chi connectivity index (χ0n) is 12.6. The highest BCUT2D eigenvalue weighted by atomic mass is 32.2. The van der Waals surface area contributed by atoms with Crippen molar-refractivity contribution in [2.75, 3.05) is 12.3 Å². The van der Waals surface area contributed by atoms with E-state index < -0.39 is 10.0 Å². The zero-order valence-corrected chi connectivity index (χ0v) is 13.4. The van der Waals surface area contributed by atoms with Crippen LogP contribution in [0.4, 0.5) is 5.69 Å². The van der Waals surface area contributed by atoms with Crippen molar-refractivity contribution in [2.45, 2.75) is 56.1 Å². The van der Waals surface area contributed by atoms with E-state index in [2.05, 4.69) is 18.6 Å². The van der Waals surface area contributed by atoms with Crippen LogP contribution in [-0.4, -0.2) is 26.7 Å². The maximum Gasteiger partial charge on any atom is 0.242 e. The van der Waals surface area contributed by atoms with Crippen LogP contribution >= 0.6 is 0 Å². The summed E-state index contributed by atoms with van der Waals surface area (Å²) in [7, 11) is -3.59. The molecular weight excluding hydrogens is 288 g/mol. The fourth-order valence-electron chi connectivity index (χ4n) is 2.88. The molecule has 1 aromatic rings. The topological polar surface area (TPSA) is 81.4 Å². The summed E-state index contributed by atoms with van der Waals surface area (Å²) in [4.78, 5) is 0.148. The van der Waals surface area contributed by atoms with Crippen molar-refractivity contribution in [3.05, 3.63) is 24.3 Å². The fraction of sp³-hybridized carbons (Fsp3) is 0.600. The number of rotatable bonds is 5. The third kappa shape index (κ3) is 3.56. The fourth-order valence-corrected chi connectivity index (χ4v) is 4.28. The van der Waals surface area contributed by atoms with Crippen molar-refractivity contribution in [3.8, 4) is 0 Å². The van der Waals surface area contributed by atoms with Crippen molar-refractivity contribution >= 4 is 15.7 Å². The number of para-hydroxylation sites is 1. The van der Waals surface area contributed by atoms with Gasteiger partial charge in [-0.1, -0.05) is 26.0 Å². The van der Waals surface area contributed by atoms with E-state index >= 15 is 0 Å². The van der Waals surface area contributed by atoms with E-state index in [0.29, 0.717) is 19.4 Å². The molecule has 0 saturated carbocycles. The Morgan fingerprint density at radius 3 is 2.62 bits per heavy atom. The minimum atomic E-state index is -3.59. The predicted octanol–water partition coefficient (Wildman–Crippen LogP) is 2.28. The summed E-state index contributed by atoms with van der Waals surface area (Å²) in [5.41, 5.74) is 5.83. The van der Waals surface area contributed by atoms with Crippen LogP contribution < -0.4 is 10.5 Å². The molecule has 1 saturated heterocycles. The van der Waals surface area contributed by atoms with Crippen LogP contribution in [0.15, 0.2) is 29.2 Å². The Bertz CT molecular complexity index is 582. The van der Waals surface area contributed by atoms with Gasteiger partial charge in [0.2, 0.25) is 10.0 Å². The molecule has 118 valence electrons. The van der Waals surface area contributed by atoms with Gasteiger partial charge in [-0.3, -0.25) is 0 Å². The van der Waals surface area contributed by atoms with Gasteiger partial charge in [0.25, 0.3) is 0 Å². The molecule has 1 aliphatic heterocycles. The number of nitrogens with two attached hydrogens (primary N) is 1. The summed E-state index contributed by atoms with van der Waals surface area (Å²) in [5, 5.41) is 0. The molecule has 1 aliphatic rings. The van der Waals surface area contributed by atoms with Crippen molar-refractivity contribution in [2.24, 2.45) is 0 Å². The van der Waals surface area contributed by atoms with E-state index in [4.69, 9.17) is 10.5 Å². The number of ether oxygens (including phenoxy) is 1. The first-order valence-electron chi connectivity index (χ1n) is 7.43. The van der Waals surface area contributed by atoms with Crippen LogP contribution in [0.5, 0.6) is 0 Å².